The van der Waals surface area contributed by atoms with Gasteiger partial charge in [0.1, 0.15) is 0 Å². The first kappa shape index (κ1) is 11.8. The average Bonchev–Trinajstić information content (AvgIpc) is 2.71. The lowest BCUT2D eigenvalue weighted by Gasteiger charge is -2.07. The third-order valence-corrected chi connectivity index (χ3v) is 3.41. The summed E-state index contributed by atoms with van der Waals surface area (Å²) in [5.41, 5.74) is 7.12. The summed E-state index contributed by atoms with van der Waals surface area (Å²) in [4.78, 5) is 11.8. The van der Waals surface area contributed by atoms with E-state index in [0.29, 0.717) is 5.69 Å². The Labute approximate surface area is 111 Å². The summed E-state index contributed by atoms with van der Waals surface area (Å²) in [6.07, 6.45) is 0. The second-order valence-corrected chi connectivity index (χ2v) is 4.53. The molecule has 88 valence electrons. The largest absolute Gasteiger partial charge is 0.379 e. The number of amides is 1. The number of nitrogens with two attached hydrogens (primary N) is 1. The number of nitrogen functional groups attached to an aromatic ring is 1. The van der Waals surface area contributed by atoms with Crippen molar-refractivity contribution in [2.45, 2.75) is 6.92 Å². The number of nitrogens with zero attached hydrogens (tertiary/aromatic N) is 2. The van der Waals surface area contributed by atoms with Gasteiger partial charge in [0.25, 0.3) is 5.91 Å². The molecule has 0 spiro atoms. The van der Waals surface area contributed by atoms with Crippen molar-refractivity contribution >= 4 is 40.0 Å². The molecule has 1 amide bonds. The van der Waals surface area contributed by atoms with Crippen molar-refractivity contribution in [1.29, 1.82) is 0 Å². The number of hydrogen-bond donors (Lipinski definition) is 2. The number of aromatic nitrogens is 2. The first-order valence-electron chi connectivity index (χ1n) is 4.74. The topological polar surface area (TPSA) is 94.0 Å². The van der Waals surface area contributed by atoms with E-state index in [1.54, 1.807) is 6.07 Å². The first-order valence-corrected chi connectivity index (χ1v) is 5.82. The number of carbonyl (C=O) groups excluding carboxylic acids is 1. The van der Waals surface area contributed by atoms with E-state index < -0.39 is 5.91 Å². The van der Waals surface area contributed by atoms with Crippen LogP contribution < -0.4 is 11.1 Å². The summed E-state index contributed by atoms with van der Waals surface area (Å²) in [5, 5.41) is 9.50. The number of carbonyl (C=O) groups is 1. The van der Waals surface area contributed by atoms with Gasteiger partial charge in [-0.15, -0.1) is 0 Å². The van der Waals surface area contributed by atoms with Crippen LogP contribution in [-0.4, -0.2) is 16.2 Å². The van der Waals surface area contributed by atoms with Crippen molar-refractivity contribution in [3.63, 3.8) is 0 Å². The normalized spacial score (nSPS) is 10.2. The van der Waals surface area contributed by atoms with Crippen LogP contribution in [0, 0.1) is 10.5 Å². The van der Waals surface area contributed by atoms with E-state index in [1.807, 2.05) is 19.1 Å². The highest BCUT2D eigenvalue weighted by Crippen LogP contribution is 2.21. The van der Waals surface area contributed by atoms with Crippen LogP contribution in [0.4, 0.5) is 11.5 Å². The zero-order valence-corrected chi connectivity index (χ0v) is 11.1. The lowest BCUT2D eigenvalue weighted by molar-refractivity contribution is 0.101. The fourth-order valence-corrected chi connectivity index (χ4v) is 1.78. The lowest BCUT2D eigenvalue weighted by atomic mass is 10.2. The minimum atomic E-state index is -0.436. The van der Waals surface area contributed by atoms with Crippen molar-refractivity contribution in [3.05, 3.63) is 33.0 Å². The summed E-state index contributed by atoms with van der Waals surface area (Å²) in [6, 6.07) is 5.62. The molecule has 0 atom stereocenters. The first-order chi connectivity index (χ1) is 8.09. The van der Waals surface area contributed by atoms with Crippen LogP contribution in [0.1, 0.15) is 16.1 Å². The predicted octanol–water partition coefficient (Wildman–Crippen LogP) is 1.82. The summed E-state index contributed by atoms with van der Waals surface area (Å²) < 4.78 is 5.43. The molecule has 0 aliphatic carbocycles. The maximum Gasteiger partial charge on any atom is 0.281 e. The quantitative estimate of drug-likeness (QED) is 0.811. The highest BCUT2D eigenvalue weighted by molar-refractivity contribution is 14.1. The van der Waals surface area contributed by atoms with Crippen LogP contribution in [0.15, 0.2) is 22.8 Å². The molecule has 0 unspecified atom stereocenters. The van der Waals surface area contributed by atoms with E-state index in [9.17, 15) is 4.79 Å². The van der Waals surface area contributed by atoms with Crippen molar-refractivity contribution < 1.29 is 9.42 Å². The molecule has 0 saturated carbocycles. The molecule has 2 aromatic rings. The smallest absolute Gasteiger partial charge is 0.281 e. The van der Waals surface area contributed by atoms with Crippen LogP contribution in [0.5, 0.6) is 0 Å². The third kappa shape index (κ3) is 2.38. The molecule has 7 heteroatoms. The van der Waals surface area contributed by atoms with Crippen molar-refractivity contribution in [2.75, 3.05) is 11.1 Å². The summed E-state index contributed by atoms with van der Waals surface area (Å²) in [6.45, 7) is 1.92. The van der Waals surface area contributed by atoms with Crippen molar-refractivity contribution in [2.24, 2.45) is 0 Å². The Balaban J connectivity index is 2.25. The molecule has 0 aliphatic heterocycles. The van der Waals surface area contributed by atoms with Crippen LogP contribution in [-0.2, 0) is 0 Å². The minimum Gasteiger partial charge on any atom is -0.379 e. The van der Waals surface area contributed by atoms with E-state index in [1.165, 1.54) is 0 Å². The maximum atomic E-state index is 11.8. The van der Waals surface area contributed by atoms with Gasteiger partial charge in [-0.25, -0.2) is 4.63 Å². The van der Waals surface area contributed by atoms with Crippen LogP contribution in [0.25, 0.3) is 0 Å². The highest BCUT2D eigenvalue weighted by Gasteiger charge is 2.16. The molecule has 0 bridgehead atoms. The summed E-state index contributed by atoms with van der Waals surface area (Å²) >= 11 is 2.19. The third-order valence-electron chi connectivity index (χ3n) is 2.24. The molecule has 0 fully saturated rings. The molecule has 1 heterocycles. The van der Waals surface area contributed by atoms with Crippen LogP contribution in [0.2, 0.25) is 0 Å². The number of hydrogen-bond acceptors (Lipinski definition) is 5. The number of halogens is 1. The number of benzene rings is 1. The molecule has 0 saturated heterocycles. The number of anilines is 2. The molecule has 17 heavy (non-hydrogen) atoms. The van der Waals surface area contributed by atoms with Gasteiger partial charge in [0.15, 0.2) is 0 Å². The Kier molecular flexibility index (Phi) is 3.27. The summed E-state index contributed by atoms with van der Waals surface area (Å²) in [5.74, 6) is -0.459. The zero-order valence-electron chi connectivity index (χ0n) is 8.90. The molecule has 2 rings (SSSR count). The van der Waals surface area contributed by atoms with Gasteiger partial charge < -0.3 is 11.1 Å². The Morgan fingerprint density at radius 3 is 2.88 bits per heavy atom. The molecule has 1 aromatic heterocycles. The van der Waals surface area contributed by atoms with Crippen molar-refractivity contribution in [3.8, 4) is 0 Å². The Hall–Kier alpha value is -1.64. The molecular formula is C10H9IN4O2. The van der Waals surface area contributed by atoms with Gasteiger partial charge in [-0.05, 0) is 57.5 Å². The average molecular weight is 344 g/mol. The van der Waals surface area contributed by atoms with E-state index >= 15 is 0 Å². The van der Waals surface area contributed by atoms with Crippen LogP contribution in [0.3, 0.4) is 0 Å². The molecule has 6 nitrogen and oxygen atoms in total. The van der Waals surface area contributed by atoms with E-state index in [-0.39, 0.29) is 11.5 Å². The maximum absolute atomic E-state index is 11.8. The Morgan fingerprint density at radius 2 is 2.24 bits per heavy atom. The van der Waals surface area contributed by atoms with Gasteiger partial charge in [-0.3, -0.25) is 4.79 Å². The van der Waals surface area contributed by atoms with Gasteiger partial charge in [-0.2, -0.15) is 0 Å². The van der Waals surface area contributed by atoms with Gasteiger partial charge in [-0.1, -0.05) is 6.07 Å². The summed E-state index contributed by atoms with van der Waals surface area (Å²) in [7, 11) is 0. The molecule has 1 aromatic carbocycles. The van der Waals surface area contributed by atoms with E-state index in [4.69, 9.17) is 5.73 Å². The minimum absolute atomic E-state index is 0.0109. The Bertz CT molecular complexity index is 567. The van der Waals surface area contributed by atoms with Crippen LogP contribution >= 0.6 is 22.6 Å². The zero-order chi connectivity index (χ0) is 12.4. The van der Waals surface area contributed by atoms with Gasteiger partial charge >= 0.3 is 0 Å². The van der Waals surface area contributed by atoms with E-state index in [2.05, 4.69) is 42.9 Å². The monoisotopic (exact) mass is 344 g/mol. The SMILES string of the molecule is Cc1c(I)cccc1NC(=O)c1nonc1N. The number of nitrogens with one attached hydrogen (secondary N) is 1. The second-order valence-electron chi connectivity index (χ2n) is 3.36. The lowest BCUT2D eigenvalue weighted by Crippen LogP contribution is -2.15. The highest BCUT2D eigenvalue weighted by atomic mass is 127. The predicted molar refractivity (Wildman–Crippen MR) is 70.6 cm³/mol. The Morgan fingerprint density at radius 1 is 1.47 bits per heavy atom. The van der Waals surface area contributed by atoms with Crippen molar-refractivity contribution in [1.82, 2.24) is 10.3 Å². The molecule has 3 N–H and O–H groups in total. The van der Waals surface area contributed by atoms with E-state index in [0.717, 1.165) is 9.13 Å². The number of rotatable bonds is 2. The molecule has 0 aliphatic rings. The van der Waals surface area contributed by atoms with Gasteiger partial charge in [0.05, 0.1) is 0 Å². The van der Waals surface area contributed by atoms with Gasteiger partial charge in [0, 0.05) is 9.26 Å². The second kappa shape index (κ2) is 4.70. The molecule has 0 radical (unpaired) electrons. The van der Waals surface area contributed by atoms with Gasteiger partial charge in [0.2, 0.25) is 11.5 Å². The fourth-order valence-electron chi connectivity index (χ4n) is 1.28. The molecular weight excluding hydrogens is 335 g/mol. The fraction of sp³-hybridized carbons (Fsp3) is 0.100. The standard InChI is InChI=1S/C10H9IN4O2/c1-5-6(11)3-2-4-7(5)13-10(16)8-9(12)15-17-14-8/h2-4H,1H3,(H2,12,15)(H,13,16).